The average Bonchev–Trinajstić information content (AvgIpc) is 3.15. The minimum Gasteiger partial charge on any atom is -0.382 e. The van der Waals surface area contributed by atoms with Gasteiger partial charge < -0.3 is 16.2 Å². The van der Waals surface area contributed by atoms with Crippen LogP contribution in [0.4, 0.5) is 39.5 Å². The zero-order valence-electron chi connectivity index (χ0n) is 20.5. The van der Waals surface area contributed by atoms with Crippen molar-refractivity contribution in [3.8, 4) is 11.4 Å². The SMILES string of the molecule is NC(=O)C(NC(=O)Cn1nc(-c2ccc(Cl)cc2)n(CC(O)C(F)(F)F)c1=O)(c1cccc(C(F)(F)F)c1)C(F)(F)F. The number of aliphatic hydroxyl groups is 1. The molecule has 0 saturated heterocycles. The van der Waals surface area contributed by atoms with Crippen LogP contribution in [0.3, 0.4) is 0 Å². The highest BCUT2D eigenvalue weighted by Crippen LogP contribution is 2.41. The molecule has 4 N–H and O–H groups in total. The van der Waals surface area contributed by atoms with Gasteiger partial charge in [-0.15, -0.1) is 5.10 Å². The zero-order chi connectivity index (χ0) is 31.8. The minimum atomic E-state index is -5.83. The van der Waals surface area contributed by atoms with E-state index in [0.29, 0.717) is 18.2 Å². The molecule has 2 amide bonds. The van der Waals surface area contributed by atoms with Gasteiger partial charge in [0.05, 0.1) is 12.1 Å². The molecule has 0 aliphatic rings. The number of carbonyl (C=O) groups excluding carboxylic acids is 2. The first-order chi connectivity index (χ1) is 19.2. The van der Waals surface area contributed by atoms with E-state index >= 15 is 0 Å². The Bertz CT molecular complexity index is 1530. The van der Waals surface area contributed by atoms with E-state index in [1.54, 1.807) is 0 Å². The van der Waals surface area contributed by atoms with E-state index in [-0.39, 0.29) is 25.9 Å². The van der Waals surface area contributed by atoms with Crippen molar-refractivity contribution in [2.24, 2.45) is 5.73 Å². The first-order valence-electron chi connectivity index (χ1n) is 11.2. The number of aromatic nitrogens is 3. The van der Waals surface area contributed by atoms with Crippen LogP contribution in [0.15, 0.2) is 53.3 Å². The number of carbonyl (C=O) groups is 2. The maximum Gasteiger partial charge on any atom is 0.425 e. The van der Waals surface area contributed by atoms with Gasteiger partial charge in [0, 0.05) is 10.6 Å². The van der Waals surface area contributed by atoms with Gasteiger partial charge in [0.15, 0.2) is 11.9 Å². The summed E-state index contributed by atoms with van der Waals surface area (Å²) in [5.41, 5.74) is -3.89. The molecule has 0 radical (unpaired) electrons. The molecule has 19 heteroatoms. The fourth-order valence-corrected chi connectivity index (χ4v) is 3.89. The van der Waals surface area contributed by atoms with Crippen LogP contribution in [0.5, 0.6) is 0 Å². The molecule has 2 unspecified atom stereocenters. The van der Waals surface area contributed by atoms with Crippen molar-refractivity contribution in [3.05, 3.63) is 75.2 Å². The number of alkyl halides is 9. The minimum absolute atomic E-state index is 0.0589. The molecule has 228 valence electrons. The van der Waals surface area contributed by atoms with Crippen LogP contribution in [0.1, 0.15) is 11.1 Å². The van der Waals surface area contributed by atoms with Crippen LogP contribution < -0.4 is 16.7 Å². The number of nitrogens with two attached hydrogens (primary N) is 1. The van der Waals surface area contributed by atoms with E-state index in [1.807, 2.05) is 0 Å². The third kappa shape index (κ3) is 6.53. The van der Waals surface area contributed by atoms with Gasteiger partial charge >= 0.3 is 24.2 Å². The molecule has 0 saturated carbocycles. The molecule has 2 aromatic carbocycles. The molecule has 1 heterocycles. The molecule has 0 spiro atoms. The lowest BCUT2D eigenvalue weighted by molar-refractivity contribution is -0.207. The summed E-state index contributed by atoms with van der Waals surface area (Å²) >= 11 is 5.77. The predicted molar refractivity (Wildman–Crippen MR) is 126 cm³/mol. The number of nitrogens with zero attached hydrogens (tertiary/aromatic N) is 3. The first-order valence-corrected chi connectivity index (χ1v) is 11.6. The van der Waals surface area contributed by atoms with Crippen LogP contribution in [0.25, 0.3) is 11.4 Å². The standard InChI is InChI=1S/C23H17ClF9N5O4/c24-14-6-4-11(5-7-14)17-36-38(19(42)37(17)9-15(39)22(28,29)30)10-16(40)35-20(18(34)41,23(31,32)33)12-2-1-3-13(8-12)21(25,26)27/h1-8,15,39H,9-10H2,(H2,34,41)(H,35,40). The number of rotatable bonds is 8. The van der Waals surface area contributed by atoms with Crippen LogP contribution >= 0.6 is 11.6 Å². The highest BCUT2D eigenvalue weighted by Gasteiger charge is 2.62. The maximum atomic E-state index is 14.3. The molecule has 3 aromatic rings. The third-order valence-electron chi connectivity index (χ3n) is 5.80. The number of benzene rings is 2. The molecule has 0 aliphatic carbocycles. The van der Waals surface area contributed by atoms with Crippen LogP contribution in [0, 0.1) is 0 Å². The largest absolute Gasteiger partial charge is 0.425 e. The number of primary amides is 1. The van der Waals surface area contributed by atoms with Crippen molar-refractivity contribution in [2.45, 2.75) is 43.3 Å². The van der Waals surface area contributed by atoms with Crippen LogP contribution in [-0.4, -0.2) is 49.7 Å². The van der Waals surface area contributed by atoms with E-state index in [0.717, 1.165) is 0 Å². The van der Waals surface area contributed by atoms with E-state index < -0.39 is 77.7 Å². The Hall–Kier alpha value is -4.06. The Kier molecular flexibility index (Phi) is 8.74. The van der Waals surface area contributed by atoms with Gasteiger partial charge in [0.1, 0.15) is 6.54 Å². The quantitative estimate of drug-likeness (QED) is 0.328. The van der Waals surface area contributed by atoms with Crippen molar-refractivity contribution in [1.82, 2.24) is 19.7 Å². The van der Waals surface area contributed by atoms with E-state index in [2.05, 4.69) is 5.10 Å². The van der Waals surface area contributed by atoms with Gasteiger partial charge in [0.25, 0.3) is 5.91 Å². The number of hydrogen-bond donors (Lipinski definition) is 3. The van der Waals surface area contributed by atoms with Crippen molar-refractivity contribution >= 4 is 23.4 Å². The second-order valence-corrected chi connectivity index (χ2v) is 9.11. The van der Waals surface area contributed by atoms with Gasteiger partial charge in [0.2, 0.25) is 11.4 Å². The summed E-state index contributed by atoms with van der Waals surface area (Å²) in [7, 11) is 0. The summed E-state index contributed by atoms with van der Waals surface area (Å²) in [5.74, 6) is -4.74. The highest BCUT2D eigenvalue weighted by molar-refractivity contribution is 6.30. The second-order valence-electron chi connectivity index (χ2n) is 8.68. The first kappa shape index (κ1) is 32.5. The molecule has 2 atom stereocenters. The molecule has 1 aromatic heterocycles. The Morgan fingerprint density at radius 1 is 0.976 bits per heavy atom. The van der Waals surface area contributed by atoms with Gasteiger partial charge in [-0.1, -0.05) is 23.7 Å². The average molecular weight is 634 g/mol. The third-order valence-corrected chi connectivity index (χ3v) is 6.05. The second kappa shape index (κ2) is 11.3. The van der Waals surface area contributed by atoms with Crippen molar-refractivity contribution in [1.29, 1.82) is 0 Å². The monoisotopic (exact) mass is 633 g/mol. The van der Waals surface area contributed by atoms with Crippen molar-refractivity contribution in [3.63, 3.8) is 0 Å². The zero-order valence-corrected chi connectivity index (χ0v) is 21.2. The molecule has 0 fully saturated rings. The van der Waals surface area contributed by atoms with Gasteiger partial charge in [-0.05, 0) is 42.0 Å². The lowest BCUT2D eigenvalue weighted by Gasteiger charge is -2.34. The summed E-state index contributed by atoms with van der Waals surface area (Å²) in [4.78, 5) is 37.8. The van der Waals surface area contributed by atoms with Crippen LogP contribution in [-0.2, 0) is 34.4 Å². The summed E-state index contributed by atoms with van der Waals surface area (Å²) in [5, 5.41) is 14.6. The fraction of sp³-hybridized carbons (Fsp3) is 0.304. The normalized spacial score (nSPS) is 14.7. The maximum absolute atomic E-state index is 14.3. The van der Waals surface area contributed by atoms with Gasteiger partial charge in [-0.3, -0.25) is 14.2 Å². The highest BCUT2D eigenvalue weighted by atomic mass is 35.5. The van der Waals surface area contributed by atoms with Crippen molar-refractivity contribution in [2.75, 3.05) is 0 Å². The number of aliphatic hydroxyl groups excluding tert-OH is 1. The van der Waals surface area contributed by atoms with Crippen LogP contribution in [0.2, 0.25) is 5.02 Å². The molecule has 42 heavy (non-hydrogen) atoms. The fourth-order valence-electron chi connectivity index (χ4n) is 3.76. The summed E-state index contributed by atoms with van der Waals surface area (Å²) < 4.78 is 122. The number of hydrogen-bond acceptors (Lipinski definition) is 5. The Morgan fingerprint density at radius 2 is 1.55 bits per heavy atom. The van der Waals surface area contributed by atoms with Crippen molar-refractivity contribution < 1.29 is 54.2 Å². The predicted octanol–water partition coefficient (Wildman–Crippen LogP) is 3.37. The molecular formula is C23H17ClF9N5O4. The van der Waals surface area contributed by atoms with E-state index in [4.69, 9.17) is 17.3 Å². The van der Waals surface area contributed by atoms with E-state index in [1.165, 1.54) is 29.6 Å². The Labute approximate surface area is 233 Å². The summed E-state index contributed by atoms with van der Waals surface area (Å²) in [6.07, 6.45) is -19.3. The summed E-state index contributed by atoms with van der Waals surface area (Å²) in [6.45, 7) is -2.92. The number of halogens is 10. The smallest absolute Gasteiger partial charge is 0.382 e. The topological polar surface area (TPSA) is 132 Å². The molecule has 0 aliphatic heterocycles. The molecule has 9 nitrogen and oxygen atoms in total. The lowest BCUT2D eigenvalue weighted by Crippen LogP contribution is -2.64. The van der Waals surface area contributed by atoms with Gasteiger partial charge in [-0.25, -0.2) is 9.48 Å². The molecule has 0 bridgehead atoms. The number of nitrogens with one attached hydrogen (secondary N) is 1. The molecule has 3 rings (SSSR count). The Balaban J connectivity index is 2.09. The Morgan fingerprint density at radius 3 is 2.05 bits per heavy atom. The lowest BCUT2D eigenvalue weighted by atomic mass is 9.86. The molecular weight excluding hydrogens is 617 g/mol. The summed E-state index contributed by atoms with van der Waals surface area (Å²) in [6, 6.07) is 6.20. The number of amides is 2. The van der Waals surface area contributed by atoms with E-state index in [9.17, 15) is 59.0 Å². The van der Waals surface area contributed by atoms with Gasteiger partial charge in [-0.2, -0.15) is 39.5 Å².